The largest absolute Gasteiger partial charge is 0.350 e. The maximum Gasteiger partial charge on any atom is 0.251 e. The third-order valence-corrected chi connectivity index (χ3v) is 4.39. The molecule has 0 bridgehead atoms. The van der Waals surface area contributed by atoms with Crippen molar-refractivity contribution >= 4 is 31.9 Å². The highest BCUT2D eigenvalue weighted by molar-refractivity contribution is 9.10. The van der Waals surface area contributed by atoms with E-state index in [9.17, 15) is 13.2 Å². The third-order valence-electron chi connectivity index (χ3n) is 2.57. The highest BCUT2D eigenvalue weighted by atomic mass is 79.9. The highest BCUT2D eigenvalue weighted by Gasteiger charge is 2.23. The molecule has 0 atom stereocenters. The maximum absolute atomic E-state index is 12.0. The number of halogens is 1. The van der Waals surface area contributed by atoms with E-state index in [1.54, 1.807) is 26.0 Å². The van der Waals surface area contributed by atoms with Crippen molar-refractivity contribution < 1.29 is 13.2 Å². The summed E-state index contributed by atoms with van der Waals surface area (Å²) in [4.78, 5) is 12.0. The van der Waals surface area contributed by atoms with Crippen LogP contribution >= 0.6 is 15.9 Å². The van der Waals surface area contributed by atoms with Crippen LogP contribution in [0.5, 0.6) is 0 Å². The molecule has 1 amide bonds. The average Bonchev–Trinajstić information content (AvgIpc) is 2.26. The first kappa shape index (κ1) is 17.1. The van der Waals surface area contributed by atoms with E-state index in [2.05, 4.69) is 26.0 Å². The fourth-order valence-electron chi connectivity index (χ4n) is 1.73. The van der Waals surface area contributed by atoms with Crippen molar-refractivity contribution in [3.63, 3.8) is 0 Å². The summed E-state index contributed by atoms with van der Waals surface area (Å²) in [6.45, 7) is 5.52. The molecule has 0 fully saturated rings. The Kier molecular flexibility index (Phi) is 5.34. The molecular formula is C13H19BrN2O3S. The van der Waals surface area contributed by atoms with Crippen LogP contribution in [0.15, 0.2) is 22.7 Å². The molecule has 0 aliphatic carbocycles. The molecule has 5 nitrogen and oxygen atoms in total. The summed E-state index contributed by atoms with van der Waals surface area (Å²) in [5.74, 6) is -0.232. The molecule has 112 valence electrons. The van der Waals surface area contributed by atoms with Gasteiger partial charge in [-0.2, -0.15) is 0 Å². The van der Waals surface area contributed by atoms with Gasteiger partial charge in [0, 0.05) is 22.1 Å². The Morgan fingerprint density at radius 2 is 1.95 bits per heavy atom. The normalized spacial score (nSPS) is 12.2. The first-order valence-corrected chi connectivity index (χ1v) is 8.72. The second-order valence-electron chi connectivity index (χ2n) is 5.40. The van der Waals surface area contributed by atoms with E-state index in [0.29, 0.717) is 5.56 Å². The lowest BCUT2D eigenvalue weighted by atomic mass is 10.1. The summed E-state index contributed by atoms with van der Waals surface area (Å²) in [7, 11) is -3.31. The molecule has 1 aromatic rings. The molecule has 0 radical (unpaired) electrons. The van der Waals surface area contributed by atoms with Gasteiger partial charge in [-0.25, -0.2) is 13.1 Å². The molecular weight excluding hydrogens is 344 g/mol. The zero-order chi connectivity index (χ0) is 15.6. The molecule has 0 aliphatic rings. The summed E-state index contributed by atoms with van der Waals surface area (Å²) < 4.78 is 25.8. The van der Waals surface area contributed by atoms with E-state index in [0.717, 1.165) is 16.3 Å². The third kappa shape index (κ3) is 5.60. The van der Waals surface area contributed by atoms with Crippen LogP contribution in [0.4, 0.5) is 0 Å². The maximum atomic E-state index is 12.0. The molecule has 1 rings (SSSR count). The SMILES string of the molecule is Cc1cc(C(=O)NCC(C)(C)NS(C)(=O)=O)ccc1Br. The van der Waals surface area contributed by atoms with Crippen LogP contribution in [0.3, 0.4) is 0 Å². The number of hydrogen-bond donors (Lipinski definition) is 2. The van der Waals surface area contributed by atoms with Crippen LogP contribution in [0.2, 0.25) is 0 Å². The number of amides is 1. The number of rotatable bonds is 5. The van der Waals surface area contributed by atoms with Crippen molar-refractivity contribution in [2.75, 3.05) is 12.8 Å². The Hall–Kier alpha value is -0.920. The van der Waals surface area contributed by atoms with Gasteiger partial charge < -0.3 is 5.32 Å². The van der Waals surface area contributed by atoms with Gasteiger partial charge in [-0.15, -0.1) is 0 Å². The lowest BCUT2D eigenvalue weighted by molar-refractivity contribution is 0.0944. The topological polar surface area (TPSA) is 75.3 Å². The lowest BCUT2D eigenvalue weighted by Gasteiger charge is -2.25. The fourth-order valence-corrected chi connectivity index (χ4v) is 3.05. The van der Waals surface area contributed by atoms with Gasteiger partial charge in [-0.05, 0) is 44.5 Å². The first-order chi connectivity index (χ1) is 9.00. The number of hydrogen-bond acceptors (Lipinski definition) is 3. The predicted octanol–water partition coefficient (Wildman–Crippen LogP) is 1.82. The van der Waals surface area contributed by atoms with Gasteiger partial charge in [0.1, 0.15) is 0 Å². The fraction of sp³-hybridized carbons (Fsp3) is 0.462. The molecule has 0 unspecified atom stereocenters. The second kappa shape index (κ2) is 6.24. The van der Waals surface area contributed by atoms with E-state index in [-0.39, 0.29) is 12.5 Å². The van der Waals surface area contributed by atoms with Crippen LogP contribution in [-0.2, 0) is 10.0 Å². The molecule has 1 aromatic carbocycles. The van der Waals surface area contributed by atoms with Gasteiger partial charge in [0.15, 0.2) is 0 Å². The monoisotopic (exact) mass is 362 g/mol. The van der Waals surface area contributed by atoms with Crippen LogP contribution < -0.4 is 10.0 Å². The van der Waals surface area contributed by atoms with Gasteiger partial charge >= 0.3 is 0 Å². The van der Waals surface area contributed by atoms with Crippen molar-refractivity contribution in [1.29, 1.82) is 0 Å². The summed E-state index contributed by atoms with van der Waals surface area (Å²) in [5, 5.41) is 2.73. The van der Waals surface area contributed by atoms with Crippen molar-refractivity contribution in [1.82, 2.24) is 10.0 Å². The van der Waals surface area contributed by atoms with Crippen LogP contribution in [0, 0.1) is 6.92 Å². The molecule has 0 aliphatic heterocycles. The van der Waals surface area contributed by atoms with Crippen LogP contribution in [0.25, 0.3) is 0 Å². The number of carbonyl (C=O) groups excluding carboxylic acids is 1. The summed E-state index contributed by atoms with van der Waals surface area (Å²) >= 11 is 3.37. The van der Waals surface area contributed by atoms with E-state index < -0.39 is 15.6 Å². The van der Waals surface area contributed by atoms with E-state index >= 15 is 0 Å². The number of aryl methyl sites for hydroxylation is 1. The standard InChI is InChI=1S/C13H19BrN2O3S/c1-9-7-10(5-6-11(9)14)12(17)15-8-13(2,3)16-20(4,18)19/h5-7,16H,8H2,1-4H3,(H,15,17). The molecule has 7 heteroatoms. The summed E-state index contributed by atoms with van der Waals surface area (Å²) in [6, 6.07) is 5.30. The number of sulfonamides is 1. The molecule has 0 saturated carbocycles. The van der Waals surface area contributed by atoms with E-state index in [1.807, 2.05) is 13.0 Å². The van der Waals surface area contributed by atoms with Gasteiger partial charge in [0.25, 0.3) is 5.91 Å². The van der Waals surface area contributed by atoms with Crippen molar-refractivity contribution in [3.8, 4) is 0 Å². The van der Waals surface area contributed by atoms with Crippen molar-refractivity contribution in [2.45, 2.75) is 26.3 Å². The van der Waals surface area contributed by atoms with Crippen molar-refractivity contribution in [3.05, 3.63) is 33.8 Å². The van der Waals surface area contributed by atoms with E-state index in [1.165, 1.54) is 0 Å². The molecule has 0 heterocycles. The molecule has 0 saturated heterocycles. The van der Waals surface area contributed by atoms with Gasteiger partial charge in [-0.1, -0.05) is 15.9 Å². The summed E-state index contributed by atoms with van der Waals surface area (Å²) in [5.41, 5.74) is 0.764. The Bertz CT molecular complexity index is 612. The van der Waals surface area contributed by atoms with Gasteiger partial charge in [0.05, 0.1) is 6.26 Å². The Balaban J connectivity index is 2.69. The molecule has 20 heavy (non-hydrogen) atoms. The molecule has 0 aromatic heterocycles. The quantitative estimate of drug-likeness (QED) is 0.838. The van der Waals surface area contributed by atoms with Gasteiger partial charge in [-0.3, -0.25) is 4.79 Å². The molecule has 0 spiro atoms. The van der Waals surface area contributed by atoms with Gasteiger partial charge in [0.2, 0.25) is 10.0 Å². The molecule has 2 N–H and O–H groups in total. The lowest BCUT2D eigenvalue weighted by Crippen LogP contribution is -2.51. The predicted molar refractivity (Wildman–Crippen MR) is 83.3 cm³/mol. The zero-order valence-electron chi connectivity index (χ0n) is 12.0. The minimum absolute atomic E-state index is 0.202. The minimum Gasteiger partial charge on any atom is -0.350 e. The average molecular weight is 363 g/mol. The minimum atomic E-state index is -3.31. The first-order valence-electron chi connectivity index (χ1n) is 6.03. The smallest absolute Gasteiger partial charge is 0.251 e. The Morgan fingerprint density at radius 1 is 1.35 bits per heavy atom. The number of benzene rings is 1. The van der Waals surface area contributed by atoms with Crippen LogP contribution in [-0.4, -0.2) is 32.7 Å². The number of nitrogens with one attached hydrogen (secondary N) is 2. The van der Waals surface area contributed by atoms with E-state index in [4.69, 9.17) is 0 Å². The Labute approximate surface area is 128 Å². The zero-order valence-corrected chi connectivity index (χ0v) is 14.4. The summed E-state index contributed by atoms with van der Waals surface area (Å²) in [6.07, 6.45) is 1.09. The number of carbonyl (C=O) groups is 1. The highest BCUT2D eigenvalue weighted by Crippen LogP contribution is 2.17. The Morgan fingerprint density at radius 3 is 2.45 bits per heavy atom. The van der Waals surface area contributed by atoms with Crippen LogP contribution in [0.1, 0.15) is 29.8 Å². The second-order valence-corrected chi connectivity index (χ2v) is 8.01. The van der Waals surface area contributed by atoms with Crippen molar-refractivity contribution in [2.24, 2.45) is 0 Å².